The number of imide groups is 1. The Bertz CT molecular complexity index is 448. The molecule has 0 atom stereocenters. The molecule has 2 heterocycles. The number of nitrogens with zero attached hydrogens (tertiary/aromatic N) is 2. The van der Waals surface area contributed by atoms with E-state index in [9.17, 15) is 9.59 Å². The van der Waals surface area contributed by atoms with E-state index in [4.69, 9.17) is 4.74 Å². The summed E-state index contributed by atoms with van der Waals surface area (Å²) in [7, 11) is 1.69. The molecule has 0 aliphatic carbocycles. The van der Waals surface area contributed by atoms with Crippen molar-refractivity contribution in [3.05, 3.63) is 22.4 Å². The van der Waals surface area contributed by atoms with Crippen molar-refractivity contribution >= 4 is 23.3 Å². The number of nitrogens with one attached hydrogen (secondary N) is 1. The molecule has 0 spiro atoms. The van der Waals surface area contributed by atoms with E-state index in [2.05, 4.69) is 21.7 Å². The summed E-state index contributed by atoms with van der Waals surface area (Å²) in [5.41, 5.74) is 0. The second kappa shape index (κ2) is 8.11. The largest absolute Gasteiger partial charge is 0.383 e. The van der Waals surface area contributed by atoms with E-state index < -0.39 is 0 Å². The van der Waals surface area contributed by atoms with Crippen molar-refractivity contribution in [2.75, 3.05) is 39.9 Å². The molecule has 1 aromatic heterocycles. The van der Waals surface area contributed by atoms with E-state index in [1.807, 2.05) is 6.07 Å². The van der Waals surface area contributed by atoms with Gasteiger partial charge in [0, 0.05) is 38.2 Å². The highest BCUT2D eigenvalue weighted by atomic mass is 32.1. The summed E-state index contributed by atoms with van der Waals surface area (Å²) in [6.07, 6.45) is 0.772. The third-order valence-electron chi connectivity index (χ3n) is 3.36. The molecule has 2 rings (SSSR count). The van der Waals surface area contributed by atoms with Crippen LogP contribution in [0.3, 0.4) is 0 Å². The molecule has 7 heteroatoms. The monoisotopic (exact) mass is 311 g/mol. The molecule has 6 nitrogen and oxygen atoms in total. The van der Waals surface area contributed by atoms with Gasteiger partial charge in [-0.1, -0.05) is 6.07 Å². The zero-order chi connectivity index (χ0) is 15.1. The molecule has 0 saturated carbocycles. The van der Waals surface area contributed by atoms with Gasteiger partial charge in [0.15, 0.2) is 0 Å². The van der Waals surface area contributed by atoms with Gasteiger partial charge in [0.05, 0.1) is 13.2 Å². The zero-order valence-corrected chi connectivity index (χ0v) is 13.0. The van der Waals surface area contributed by atoms with Gasteiger partial charge >= 0.3 is 6.03 Å². The number of thiophene rings is 1. The Hall–Kier alpha value is -1.44. The maximum atomic E-state index is 11.5. The first-order valence-corrected chi connectivity index (χ1v) is 7.90. The first-order valence-electron chi connectivity index (χ1n) is 7.02. The summed E-state index contributed by atoms with van der Waals surface area (Å²) in [5.74, 6) is -0.137. The molecule has 1 aliphatic rings. The lowest BCUT2D eigenvalue weighted by molar-refractivity contribution is -0.125. The van der Waals surface area contributed by atoms with Crippen LogP contribution in [0.1, 0.15) is 11.3 Å². The Morgan fingerprint density at radius 2 is 2.29 bits per heavy atom. The second-order valence-electron chi connectivity index (χ2n) is 4.91. The Balaban J connectivity index is 1.78. The average Bonchev–Trinajstić information content (AvgIpc) is 3.09. The zero-order valence-electron chi connectivity index (χ0n) is 12.2. The Morgan fingerprint density at radius 3 is 2.90 bits per heavy atom. The Kier molecular flexibility index (Phi) is 6.16. The lowest BCUT2D eigenvalue weighted by Crippen LogP contribution is -2.35. The minimum atomic E-state index is -0.276. The summed E-state index contributed by atoms with van der Waals surface area (Å²) in [5, 5.41) is 4.60. The van der Waals surface area contributed by atoms with Crippen molar-refractivity contribution in [2.45, 2.75) is 13.0 Å². The predicted octanol–water partition coefficient (Wildman–Crippen LogP) is 1.14. The quantitative estimate of drug-likeness (QED) is 0.695. The molecule has 1 N–H and O–H groups in total. The van der Waals surface area contributed by atoms with Gasteiger partial charge in [-0.05, 0) is 17.9 Å². The standard InChI is InChI=1S/C14H21N3O3S/c1-20-8-7-16(11-12-4-2-9-21-12)5-3-6-17-13(18)10-15-14(17)19/h2,4,9H,3,5-8,10-11H2,1H3,(H,15,19). The van der Waals surface area contributed by atoms with Crippen molar-refractivity contribution in [3.8, 4) is 0 Å². The number of amides is 3. The van der Waals surface area contributed by atoms with Crippen molar-refractivity contribution < 1.29 is 14.3 Å². The van der Waals surface area contributed by atoms with Crippen LogP contribution in [-0.4, -0.2) is 61.6 Å². The molecule has 21 heavy (non-hydrogen) atoms. The number of hydrogen-bond acceptors (Lipinski definition) is 5. The van der Waals surface area contributed by atoms with Crippen LogP contribution in [0.5, 0.6) is 0 Å². The first kappa shape index (κ1) is 15.9. The highest BCUT2D eigenvalue weighted by Crippen LogP contribution is 2.12. The van der Waals surface area contributed by atoms with Crippen LogP contribution in [0.25, 0.3) is 0 Å². The van der Waals surface area contributed by atoms with Gasteiger partial charge in [0.25, 0.3) is 0 Å². The lowest BCUT2D eigenvalue weighted by Gasteiger charge is -2.22. The van der Waals surface area contributed by atoms with Crippen LogP contribution < -0.4 is 5.32 Å². The maximum absolute atomic E-state index is 11.5. The van der Waals surface area contributed by atoms with Gasteiger partial charge < -0.3 is 10.1 Å². The molecule has 1 saturated heterocycles. The molecule has 1 fully saturated rings. The van der Waals surface area contributed by atoms with Crippen LogP contribution in [0.4, 0.5) is 4.79 Å². The number of carbonyl (C=O) groups excluding carboxylic acids is 2. The third-order valence-corrected chi connectivity index (χ3v) is 4.23. The predicted molar refractivity (Wildman–Crippen MR) is 81.2 cm³/mol. The fraction of sp³-hybridized carbons (Fsp3) is 0.571. The first-order chi connectivity index (χ1) is 10.2. The fourth-order valence-corrected chi connectivity index (χ4v) is 2.99. The normalized spacial score (nSPS) is 15.0. The third kappa shape index (κ3) is 4.80. The topological polar surface area (TPSA) is 61.9 Å². The SMILES string of the molecule is COCCN(CCCN1C(=O)CNC1=O)Cc1cccs1. The van der Waals surface area contributed by atoms with Crippen molar-refractivity contribution in [1.82, 2.24) is 15.1 Å². The van der Waals surface area contributed by atoms with Gasteiger partial charge in [0.1, 0.15) is 0 Å². The van der Waals surface area contributed by atoms with Gasteiger partial charge in [-0.25, -0.2) is 4.79 Å². The Morgan fingerprint density at radius 1 is 1.43 bits per heavy atom. The van der Waals surface area contributed by atoms with Gasteiger partial charge in [0.2, 0.25) is 5.91 Å². The van der Waals surface area contributed by atoms with E-state index in [0.29, 0.717) is 13.2 Å². The molecule has 3 amide bonds. The number of ether oxygens (including phenoxy) is 1. The number of hydrogen-bond donors (Lipinski definition) is 1. The molecular weight excluding hydrogens is 290 g/mol. The minimum absolute atomic E-state index is 0.126. The van der Waals surface area contributed by atoms with E-state index >= 15 is 0 Å². The van der Waals surface area contributed by atoms with E-state index in [1.165, 1.54) is 9.78 Å². The minimum Gasteiger partial charge on any atom is -0.383 e. The second-order valence-corrected chi connectivity index (χ2v) is 5.94. The smallest absolute Gasteiger partial charge is 0.324 e. The van der Waals surface area contributed by atoms with Crippen molar-refractivity contribution in [2.24, 2.45) is 0 Å². The van der Waals surface area contributed by atoms with Crippen LogP contribution in [-0.2, 0) is 16.1 Å². The molecular formula is C14H21N3O3S. The molecule has 0 aromatic carbocycles. The summed E-state index contributed by atoms with van der Waals surface area (Å²) in [4.78, 5) is 27.8. The molecule has 116 valence electrons. The van der Waals surface area contributed by atoms with E-state index in [0.717, 1.165) is 26.1 Å². The molecule has 0 radical (unpaired) electrons. The highest BCUT2D eigenvalue weighted by Gasteiger charge is 2.27. The summed E-state index contributed by atoms with van der Waals surface area (Å²) in [6, 6.07) is 3.88. The number of rotatable bonds is 9. The number of urea groups is 1. The summed E-state index contributed by atoms with van der Waals surface area (Å²) >= 11 is 1.73. The fourth-order valence-electron chi connectivity index (χ4n) is 2.25. The molecule has 1 aromatic rings. The molecule has 0 bridgehead atoms. The van der Waals surface area contributed by atoms with Crippen LogP contribution in [0.15, 0.2) is 17.5 Å². The summed E-state index contributed by atoms with van der Waals surface area (Å²) in [6.45, 7) is 3.82. The Labute approximate surface area is 128 Å². The van der Waals surface area contributed by atoms with Gasteiger partial charge in [-0.2, -0.15) is 0 Å². The van der Waals surface area contributed by atoms with E-state index in [1.54, 1.807) is 18.4 Å². The maximum Gasteiger partial charge on any atom is 0.324 e. The number of carbonyl (C=O) groups is 2. The van der Waals surface area contributed by atoms with Crippen LogP contribution >= 0.6 is 11.3 Å². The van der Waals surface area contributed by atoms with Crippen LogP contribution in [0, 0.1) is 0 Å². The number of methoxy groups -OCH3 is 1. The van der Waals surface area contributed by atoms with Gasteiger partial charge in [-0.15, -0.1) is 11.3 Å². The van der Waals surface area contributed by atoms with Gasteiger partial charge in [-0.3, -0.25) is 14.6 Å². The average molecular weight is 311 g/mol. The molecule has 1 aliphatic heterocycles. The van der Waals surface area contributed by atoms with Crippen molar-refractivity contribution in [1.29, 1.82) is 0 Å². The summed E-state index contributed by atoms with van der Waals surface area (Å²) < 4.78 is 5.14. The van der Waals surface area contributed by atoms with E-state index in [-0.39, 0.29) is 18.5 Å². The molecule has 0 unspecified atom stereocenters. The van der Waals surface area contributed by atoms with Crippen LogP contribution in [0.2, 0.25) is 0 Å². The lowest BCUT2D eigenvalue weighted by atomic mass is 10.3. The van der Waals surface area contributed by atoms with Crippen molar-refractivity contribution in [3.63, 3.8) is 0 Å². The highest BCUT2D eigenvalue weighted by molar-refractivity contribution is 7.09.